The monoisotopic (exact) mass is 2160 g/mol. The van der Waals surface area contributed by atoms with Crippen molar-refractivity contribution >= 4 is 125 Å². The maximum Gasteiger partial charge on any atom is 0.113 e. The van der Waals surface area contributed by atoms with Gasteiger partial charge in [-0.3, -0.25) is 0 Å². The lowest BCUT2D eigenvalue weighted by Crippen LogP contribution is -2.10. The van der Waals surface area contributed by atoms with Crippen LogP contribution in [0.5, 0.6) is 0 Å². The van der Waals surface area contributed by atoms with Gasteiger partial charge >= 0.3 is 0 Å². The zero-order valence-corrected chi connectivity index (χ0v) is 92.2. The Morgan fingerprint density at radius 2 is 0.378 bits per heavy atom. The average Bonchev–Trinajstić information content (AvgIpc) is 0.769. The van der Waals surface area contributed by atoms with Crippen LogP contribution in [0.15, 0.2) is 446 Å². The molecule has 20 rings (SSSR count). The van der Waals surface area contributed by atoms with Crippen LogP contribution in [0.1, 0.15) is 120 Å². The van der Waals surface area contributed by atoms with Crippen molar-refractivity contribution < 1.29 is 0 Å². The van der Waals surface area contributed by atoms with Crippen LogP contribution in [0.3, 0.4) is 0 Å². The van der Waals surface area contributed by atoms with Crippen molar-refractivity contribution in [3.05, 3.63) is 516 Å². The lowest BCUT2D eigenvalue weighted by molar-refractivity contribution is 0.922. The van der Waals surface area contributed by atoms with Gasteiger partial charge in [0.2, 0.25) is 0 Å². The second-order valence-electron chi connectivity index (χ2n) is 39.2. The highest BCUT2D eigenvalue weighted by molar-refractivity contribution is 14.1. The molecule has 0 heterocycles. The van der Waals surface area contributed by atoms with E-state index in [-0.39, 0.29) is 0 Å². The van der Waals surface area contributed by atoms with Gasteiger partial charge in [-0.05, 0) is 451 Å². The number of hydrogen-bond acceptors (Lipinski definition) is 4. The number of nitrogens with one attached hydrogen (secondary N) is 2. The van der Waals surface area contributed by atoms with Crippen LogP contribution >= 0.6 is 54.5 Å². The summed E-state index contributed by atoms with van der Waals surface area (Å²) >= 11 is 9.51. The fourth-order valence-corrected chi connectivity index (χ4v) is 21.1. The predicted octanol–water partition coefficient (Wildman–Crippen LogP) is 41.0. The summed E-state index contributed by atoms with van der Waals surface area (Å²) in [6, 6.07) is 160. The molecule has 0 fully saturated rings. The molecule has 2 N–H and O–H groups in total. The van der Waals surface area contributed by atoms with Crippen LogP contribution in [0.4, 0.5) is 56.9 Å². The van der Waals surface area contributed by atoms with E-state index >= 15 is 0 Å². The van der Waals surface area contributed by atoms with E-state index in [0.29, 0.717) is 0 Å². The number of rotatable bonds is 29. The highest BCUT2D eigenvalue weighted by Crippen LogP contribution is 2.46. The number of anilines is 10. The van der Waals surface area contributed by atoms with Gasteiger partial charge in [0, 0.05) is 69.4 Å². The second kappa shape index (κ2) is 48.3. The van der Waals surface area contributed by atoms with Crippen LogP contribution in [-0.4, -0.2) is 7.85 Å². The van der Waals surface area contributed by atoms with Crippen LogP contribution in [0.25, 0.3) is 122 Å². The van der Waals surface area contributed by atoms with E-state index in [1.165, 1.54) is 206 Å². The van der Waals surface area contributed by atoms with Crippen LogP contribution in [0, 0.1) is 59.0 Å². The summed E-state index contributed by atoms with van der Waals surface area (Å²) < 4.78 is 3.40. The van der Waals surface area contributed by atoms with E-state index in [0.717, 1.165) is 110 Å². The van der Waals surface area contributed by atoms with Crippen molar-refractivity contribution in [1.29, 1.82) is 0 Å². The Labute approximate surface area is 910 Å². The Bertz CT molecular complexity index is 7450. The van der Waals surface area contributed by atoms with Crippen molar-refractivity contribution in [2.45, 2.75) is 134 Å². The minimum atomic E-state index is 0.805. The number of halogens is 3. The molecule has 20 aromatic carbocycles. The highest BCUT2D eigenvalue weighted by atomic mass is 127. The molecule has 2 radical (unpaired) electrons. The van der Waals surface area contributed by atoms with Crippen molar-refractivity contribution in [2.24, 2.45) is 0 Å². The largest absolute Gasteiger partial charge is 0.356 e. The molecule has 0 unspecified atom stereocenters. The standard InChI is InChI=1S/C76H66Br2N2.C52H52N2.C12H8BI/c1-7-9-55-11-15-57(16-12-55)61-23-35-67(36-24-61)79(69-39-27-63(28-40-69)59-19-31-65(77)32-20-59)71-43-45-73(51(3)47-71)75-49-54(6)76(50-53(75)5)74-46-44-72(48-52(74)4)80(70-41-29-64(30-42-70)60-21-33-66(78)34-22-60)68-37-25-62(26-38-68)58-17-13-56(10-8-2)14-18-58;1-7-9-39-11-15-41(16-12-39)43-19-23-45(24-20-43)53-47-27-29-49(35(3)31-47)51-33-38(6)52(34-37(51)5)50-30-28-48(32-36(50)4)54-46-25-21-44(22-26-46)42-17-13-40(10-8-2)14-18-42;13-11-5-1-9(2-6-11)10-3-7-12(14)8-4-10/h11-50H,7-10H2,1-6H3;11-34,53-54H,7-10H2,1-6H3;1-8H. The summed E-state index contributed by atoms with van der Waals surface area (Å²) in [5.41, 5.74) is 54.5. The van der Waals surface area contributed by atoms with E-state index in [4.69, 9.17) is 7.85 Å². The molecule has 0 spiro atoms. The first-order valence-corrected chi connectivity index (χ1v) is 54.6. The Kier molecular flexibility index (Phi) is 33.8. The van der Waals surface area contributed by atoms with Crippen molar-refractivity contribution in [1.82, 2.24) is 0 Å². The van der Waals surface area contributed by atoms with Crippen molar-refractivity contribution in [2.75, 3.05) is 20.4 Å². The molecule has 148 heavy (non-hydrogen) atoms. The summed E-state index contributed by atoms with van der Waals surface area (Å²) in [5, 5.41) is 7.24. The molecular formula is C140H126BBr2IN4. The van der Waals surface area contributed by atoms with Gasteiger partial charge in [0.15, 0.2) is 0 Å². The minimum Gasteiger partial charge on any atom is -0.356 e. The van der Waals surface area contributed by atoms with E-state index in [1.807, 2.05) is 24.3 Å². The first-order chi connectivity index (χ1) is 72.0. The Morgan fingerprint density at radius 1 is 0.196 bits per heavy atom. The van der Waals surface area contributed by atoms with Gasteiger partial charge in [-0.15, -0.1) is 0 Å². The SMILES string of the molecule is CCCc1ccc(-c2ccc(N(c3ccc(-c4ccc(Br)cc4)cc3)c3ccc(-c4cc(C)c(-c5ccc(N(c6ccc(-c7ccc(Br)cc7)cc6)c6ccc(-c7ccc(CCC)cc7)cc6)cc5C)cc4C)c(C)c3)cc2)cc1.CCCc1ccc(-c2ccc(Nc3ccc(-c4cc(C)c(-c5ccc(Nc6ccc(-c7ccc(CCC)cc7)cc6)cc5C)cc4C)c(C)c3)cc2)cc1.[B]c1ccc(-c2ccc(I)cc2)cc1. The molecule has 0 aliphatic heterocycles. The second-order valence-corrected chi connectivity index (χ2v) is 42.3. The third-order valence-electron chi connectivity index (χ3n) is 28.3. The fraction of sp³-hybridized carbons (Fsp3) is 0.143. The quantitative estimate of drug-likeness (QED) is 0.0361. The Morgan fingerprint density at radius 3 is 0.608 bits per heavy atom. The molecule has 4 nitrogen and oxygen atoms in total. The molecule has 0 bridgehead atoms. The first-order valence-electron chi connectivity index (χ1n) is 52.0. The molecule has 730 valence electrons. The molecular weight excluding hydrogens is 2040 g/mol. The maximum absolute atomic E-state index is 5.63. The third kappa shape index (κ3) is 25.2. The highest BCUT2D eigenvalue weighted by Gasteiger charge is 2.23. The van der Waals surface area contributed by atoms with Gasteiger partial charge in [0.05, 0.1) is 0 Å². The summed E-state index contributed by atoms with van der Waals surface area (Å²) in [6.07, 6.45) is 9.10. The molecule has 0 amide bonds. The maximum atomic E-state index is 5.63. The summed E-state index contributed by atoms with van der Waals surface area (Å²) in [5.74, 6) is 0. The van der Waals surface area contributed by atoms with Crippen LogP contribution in [0.2, 0.25) is 0 Å². The third-order valence-corrected chi connectivity index (χ3v) is 30.1. The normalized spacial score (nSPS) is 11.0. The van der Waals surface area contributed by atoms with Gasteiger partial charge in [0.25, 0.3) is 0 Å². The van der Waals surface area contributed by atoms with Crippen LogP contribution in [-0.2, 0) is 25.7 Å². The molecule has 0 atom stereocenters. The van der Waals surface area contributed by atoms with Gasteiger partial charge in [-0.1, -0.05) is 370 Å². The summed E-state index contributed by atoms with van der Waals surface area (Å²) in [4.78, 5) is 4.76. The van der Waals surface area contributed by atoms with Gasteiger partial charge in [-0.25, -0.2) is 0 Å². The molecule has 0 aliphatic carbocycles. The van der Waals surface area contributed by atoms with Crippen molar-refractivity contribution in [3.63, 3.8) is 0 Å². The number of nitrogens with zero attached hydrogens (tertiary/aromatic N) is 2. The molecule has 20 aromatic rings. The smallest absolute Gasteiger partial charge is 0.113 e. The van der Waals surface area contributed by atoms with E-state index in [1.54, 1.807) is 0 Å². The lowest BCUT2D eigenvalue weighted by Gasteiger charge is -2.27. The predicted molar refractivity (Wildman–Crippen MR) is 655 cm³/mol. The van der Waals surface area contributed by atoms with Gasteiger partial charge in [0.1, 0.15) is 7.85 Å². The summed E-state index contributed by atoms with van der Waals surface area (Å²) in [7, 11) is 5.63. The minimum absolute atomic E-state index is 0.805. The van der Waals surface area contributed by atoms with Crippen molar-refractivity contribution in [3.8, 4) is 122 Å². The Balaban J connectivity index is 0.000000180. The summed E-state index contributed by atoms with van der Waals surface area (Å²) in [6.45, 7) is 26.8. The topological polar surface area (TPSA) is 30.5 Å². The van der Waals surface area contributed by atoms with Gasteiger partial charge < -0.3 is 20.4 Å². The molecule has 0 aliphatic rings. The van der Waals surface area contributed by atoms with E-state index < -0.39 is 0 Å². The lowest BCUT2D eigenvalue weighted by atomic mass is 9.88. The molecule has 0 saturated carbocycles. The zero-order chi connectivity index (χ0) is 103. The first kappa shape index (κ1) is 103. The molecule has 0 aromatic heterocycles. The molecule has 0 saturated heterocycles. The average molecular weight is 2160 g/mol. The van der Waals surface area contributed by atoms with E-state index in [9.17, 15) is 0 Å². The molecule has 8 heteroatoms. The van der Waals surface area contributed by atoms with E-state index in [2.05, 4.69) is 570 Å². The van der Waals surface area contributed by atoms with Gasteiger partial charge in [-0.2, -0.15) is 0 Å². The Hall–Kier alpha value is -14.6. The number of benzene rings is 20. The fourth-order valence-electron chi connectivity index (χ4n) is 20.2. The zero-order valence-electron chi connectivity index (χ0n) is 86.8. The van der Waals surface area contributed by atoms with Crippen LogP contribution < -0.4 is 25.9 Å². The number of aryl methyl sites for hydroxylation is 12. The number of hydrogen-bond donors (Lipinski definition) is 2.